The first-order chi connectivity index (χ1) is 5.29. The Morgan fingerprint density at radius 2 is 2.36 bits per heavy atom. The Hall–Kier alpha value is -0.440. The first kappa shape index (κ1) is 8.65. The molecule has 0 unspecified atom stereocenters. The molecule has 1 aromatic heterocycles. The Labute approximate surface area is 72.0 Å². The summed E-state index contributed by atoms with van der Waals surface area (Å²) in [4.78, 5) is 3.97. The third-order valence-corrected chi connectivity index (χ3v) is 2.44. The van der Waals surface area contributed by atoms with E-state index in [0.717, 1.165) is 11.8 Å². The summed E-state index contributed by atoms with van der Waals surface area (Å²) >= 11 is 1.98. The van der Waals surface area contributed by atoms with E-state index in [0.29, 0.717) is 0 Å². The summed E-state index contributed by atoms with van der Waals surface area (Å²) in [5.41, 5.74) is 0. The highest BCUT2D eigenvalue weighted by atomic mass is 32.2. The van der Waals surface area contributed by atoms with Crippen LogP contribution in [0.15, 0.2) is 18.7 Å². The molecule has 0 fully saturated rings. The minimum absolute atomic E-state index is 0.735. The van der Waals surface area contributed by atoms with Gasteiger partial charge < -0.3 is 4.57 Å². The maximum atomic E-state index is 3.97. The van der Waals surface area contributed by atoms with Crippen LogP contribution in [0.4, 0.5) is 0 Å². The average molecular weight is 170 g/mol. The van der Waals surface area contributed by atoms with Crippen molar-refractivity contribution in [3.05, 3.63) is 18.7 Å². The summed E-state index contributed by atoms with van der Waals surface area (Å²) in [6.45, 7) is 5.51. The Bertz CT molecular complexity index is 182. The molecule has 0 amide bonds. The van der Waals surface area contributed by atoms with Gasteiger partial charge in [-0.1, -0.05) is 13.8 Å². The second-order valence-electron chi connectivity index (χ2n) is 2.72. The van der Waals surface area contributed by atoms with Crippen LogP contribution < -0.4 is 0 Å². The second-order valence-corrected chi connectivity index (χ2v) is 4.40. The largest absolute Gasteiger partial charge is 0.337 e. The van der Waals surface area contributed by atoms with E-state index in [1.165, 1.54) is 5.75 Å². The van der Waals surface area contributed by atoms with Gasteiger partial charge in [0.2, 0.25) is 0 Å². The molecule has 0 saturated heterocycles. The first-order valence-electron chi connectivity index (χ1n) is 3.86. The van der Waals surface area contributed by atoms with Crippen LogP contribution >= 0.6 is 11.8 Å². The quantitative estimate of drug-likeness (QED) is 0.688. The van der Waals surface area contributed by atoms with Gasteiger partial charge >= 0.3 is 0 Å². The van der Waals surface area contributed by atoms with Gasteiger partial charge in [-0.25, -0.2) is 4.98 Å². The molecular weight excluding hydrogens is 156 g/mol. The monoisotopic (exact) mass is 170 g/mol. The van der Waals surface area contributed by atoms with E-state index in [1.807, 2.05) is 30.5 Å². The number of thioether (sulfide) groups is 1. The van der Waals surface area contributed by atoms with Crippen LogP contribution in [0, 0.1) is 0 Å². The van der Waals surface area contributed by atoms with E-state index in [4.69, 9.17) is 0 Å². The highest BCUT2D eigenvalue weighted by Crippen LogP contribution is 2.08. The minimum Gasteiger partial charge on any atom is -0.337 e. The van der Waals surface area contributed by atoms with Crippen molar-refractivity contribution < 1.29 is 0 Å². The molecule has 11 heavy (non-hydrogen) atoms. The van der Waals surface area contributed by atoms with Crippen molar-refractivity contribution in [3.63, 3.8) is 0 Å². The van der Waals surface area contributed by atoms with Crippen LogP contribution in [0.25, 0.3) is 0 Å². The highest BCUT2D eigenvalue weighted by molar-refractivity contribution is 7.99. The zero-order valence-electron chi connectivity index (χ0n) is 7.03. The SMILES string of the molecule is CC(C)SCCn1ccnc1. The van der Waals surface area contributed by atoms with Gasteiger partial charge in [-0.05, 0) is 5.25 Å². The Kier molecular flexibility index (Phi) is 3.49. The van der Waals surface area contributed by atoms with Gasteiger partial charge in [0.1, 0.15) is 0 Å². The fourth-order valence-electron chi connectivity index (χ4n) is 0.813. The van der Waals surface area contributed by atoms with Gasteiger partial charge in [0.25, 0.3) is 0 Å². The third-order valence-electron chi connectivity index (χ3n) is 1.36. The number of rotatable bonds is 4. The number of imidazole rings is 1. The molecule has 3 heteroatoms. The van der Waals surface area contributed by atoms with Crippen molar-refractivity contribution >= 4 is 11.8 Å². The molecule has 0 aliphatic carbocycles. The number of aryl methyl sites for hydroxylation is 1. The van der Waals surface area contributed by atoms with Gasteiger partial charge in [0, 0.05) is 24.7 Å². The summed E-state index contributed by atoms with van der Waals surface area (Å²) in [5, 5.41) is 0.735. The van der Waals surface area contributed by atoms with E-state index in [9.17, 15) is 0 Å². The molecule has 0 aliphatic heterocycles. The Morgan fingerprint density at radius 1 is 1.55 bits per heavy atom. The molecule has 2 nitrogen and oxygen atoms in total. The van der Waals surface area contributed by atoms with Crippen molar-refractivity contribution in [2.45, 2.75) is 25.6 Å². The molecule has 1 rings (SSSR count). The molecule has 1 aromatic rings. The molecule has 0 bridgehead atoms. The van der Waals surface area contributed by atoms with Crippen molar-refractivity contribution in [3.8, 4) is 0 Å². The van der Waals surface area contributed by atoms with Gasteiger partial charge in [-0.15, -0.1) is 0 Å². The lowest BCUT2D eigenvalue weighted by Gasteiger charge is -2.04. The molecule has 0 saturated carbocycles. The number of hydrogen-bond donors (Lipinski definition) is 0. The summed E-state index contributed by atoms with van der Waals surface area (Å²) in [7, 11) is 0. The maximum Gasteiger partial charge on any atom is 0.0946 e. The fourth-order valence-corrected chi connectivity index (χ4v) is 1.60. The van der Waals surface area contributed by atoms with E-state index in [2.05, 4.69) is 23.4 Å². The lowest BCUT2D eigenvalue weighted by Crippen LogP contribution is -1.99. The molecule has 0 aliphatic rings. The summed E-state index contributed by atoms with van der Waals surface area (Å²) in [6, 6.07) is 0. The molecule has 0 aromatic carbocycles. The topological polar surface area (TPSA) is 17.8 Å². The Balaban J connectivity index is 2.14. The number of hydrogen-bond acceptors (Lipinski definition) is 2. The predicted octanol–water partition coefficient (Wildman–Crippen LogP) is 2.02. The van der Waals surface area contributed by atoms with Crippen LogP contribution in [0.5, 0.6) is 0 Å². The van der Waals surface area contributed by atoms with E-state index in [-0.39, 0.29) is 0 Å². The van der Waals surface area contributed by atoms with Gasteiger partial charge in [0.15, 0.2) is 0 Å². The van der Waals surface area contributed by atoms with Crippen LogP contribution in [0.1, 0.15) is 13.8 Å². The third kappa shape index (κ3) is 3.46. The number of aromatic nitrogens is 2. The molecule has 62 valence electrons. The molecular formula is C8H14N2S. The van der Waals surface area contributed by atoms with Crippen molar-refractivity contribution in [2.75, 3.05) is 5.75 Å². The van der Waals surface area contributed by atoms with Crippen LogP contribution in [0.3, 0.4) is 0 Å². The second kappa shape index (κ2) is 4.44. The number of nitrogens with zero attached hydrogens (tertiary/aromatic N) is 2. The smallest absolute Gasteiger partial charge is 0.0946 e. The summed E-state index contributed by atoms with van der Waals surface area (Å²) in [6.07, 6.45) is 5.68. The standard InChI is InChI=1S/C8H14N2S/c1-8(2)11-6-5-10-4-3-9-7-10/h3-4,7-8H,5-6H2,1-2H3. The lowest BCUT2D eigenvalue weighted by atomic mass is 10.6. The molecule has 1 heterocycles. The first-order valence-corrected chi connectivity index (χ1v) is 4.91. The summed E-state index contributed by atoms with van der Waals surface area (Å²) < 4.78 is 2.11. The molecule has 0 N–H and O–H groups in total. The fraction of sp³-hybridized carbons (Fsp3) is 0.625. The van der Waals surface area contributed by atoms with Crippen LogP contribution in [0.2, 0.25) is 0 Å². The molecule has 0 spiro atoms. The zero-order valence-corrected chi connectivity index (χ0v) is 7.84. The van der Waals surface area contributed by atoms with Crippen molar-refractivity contribution in [1.29, 1.82) is 0 Å². The van der Waals surface area contributed by atoms with E-state index < -0.39 is 0 Å². The molecule has 0 radical (unpaired) electrons. The molecule has 0 atom stereocenters. The van der Waals surface area contributed by atoms with Crippen LogP contribution in [-0.2, 0) is 6.54 Å². The predicted molar refractivity (Wildman–Crippen MR) is 49.8 cm³/mol. The lowest BCUT2D eigenvalue weighted by molar-refractivity contribution is 0.769. The highest BCUT2D eigenvalue weighted by Gasteiger charge is 1.93. The van der Waals surface area contributed by atoms with Gasteiger partial charge in [-0.2, -0.15) is 11.8 Å². The van der Waals surface area contributed by atoms with Crippen molar-refractivity contribution in [2.24, 2.45) is 0 Å². The maximum absolute atomic E-state index is 3.97. The van der Waals surface area contributed by atoms with E-state index in [1.54, 1.807) is 0 Å². The normalized spacial score (nSPS) is 10.8. The minimum atomic E-state index is 0.735. The van der Waals surface area contributed by atoms with Gasteiger partial charge in [-0.3, -0.25) is 0 Å². The summed E-state index contributed by atoms with van der Waals surface area (Å²) in [5.74, 6) is 1.17. The van der Waals surface area contributed by atoms with E-state index >= 15 is 0 Å². The van der Waals surface area contributed by atoms with Crippen LogP contribution in [-0.4, -0.2) is 20.6 Å². The van der Waals surface area contributed by atoms with Gasteiger partial charge in [0.05, 0.1) is 6.33 Å². The van der Waals surface area contributed by atoms with Crippen molar-refractivity contribution in [1.82, 2.24) is 9.55 Å². The average Bonchev–Trinajstić information content (AvgIpc) is 2.39. The zero-order chi connectivity index (χ0) is 8.10. The Morgan fingerprint density at radius 3 is 2.91 bits per heavy atom.